The zero-order valence-corrected chi connectivity index (χ0v) is 23.6. The van der Waals surface area contributed by atoms with E-state index < -0.39 is 56.2 Å². The van der Waals surface area contributed by atoms with Crippen molar-refractivity contribution in [3.05, 3.63) is 53.1 Å². The van der Waals surface area contributed by atoms with E-state index in [-0.39, 0.29) is 23.5 Å². The fourth-order valence-corrected chi connectivity index (χ4v) is 6.14. The quantitative estimate of drug-likeness (QED) is 0.275. The Labute approximate surface area is 235 Å². The van der Waals surface area contributed by atoms with E-state index in [0.717, 1.165) is 24.5 Å². The molecule has 1 aromatic carbocycles. The van der Waals surface area contributed by atoms with Gasteiger partial charge in [0, 0.05) is 6.20 Å². The number of aliphatic carboxylic acids is 1. The minimum absolute atomic E-state index is 0.0202. The number of rotatable bonds is 11. The van der Waals surface area contributed by atoms with Crippen LogP contribution in [0.1, 0.15) is 32.9 Å². The zero-order valence-electron chi connectivity index (χ0n) is 22.7. The van der Waals surface area contributed by atoms with Gasteiger partial charge in [-0.3, -0.25) is 23.6 Å². The fraction of sp³-hybridized carbons (Fsp3) is 0.520. The van der Waals surface area contributed by atoms with Crippen LogP contribution in [0.15, 0.2) is 47.4 Å². The van der Waals surface area contributed by atoms with E-state index >= 15 is 4.39 Å². The number of para-hydroxylation sites is 1. The number of nitrogens with one attached hydrogen (secondary N) is 2. The Hall–Kier alpha value is -3.20. The van der Waals surface area contributed by atoms with Crippen molar-refractivity contribution in [1.82, 2.24) is 19.5 Å². The Morgan fingerprint density at radius 3 is 2.63 bits per heavy atom. The summed E-state index contributed by atoms with van der Waals surface area (Å²) in [6, 6.07) is 7.42. The van der Waals surface area contributed by atoms with Crippen LogP contribution in [0.25, 0.3) is 0 Å². The summed E-state index contributed by atoms with van der Waals surface area (Å²) in [6.07, 6.45) is -2.22. The van der Waals surface area contributed by atoms with Crippen LogP contribution in [0, 0.1) is 0 Å². The molecule has 2 saturated heterocycles. The summed E-state index contributed by atoms with van der Waals surface area (Å²) in [5, 5.41) is 24.8. The first-order chi connectivity index (χ1) is 19.3. The molecule has 1 aromatic heterocycles. The number of carbonyl (C=O) groups excluding carboxylic acids is 1. The monoisotopic (exact) mass is 597 g/mol. The molecule has 4 N–H and O–H groups in total. The maximum atomic E-state index is 15.7. The summed E-state index contributed by atoms with van der Waals surface area (Å²) in [5.74, 6) is -1.57. The SMILES string of the molecule is C[C@@H](NP(=O)(OC[C@H]1O[C@@H](n2ccc(NC(=O)[C@@H]3CCCN3C)nc2=O)[C@](C)(F)[C@@H]1O)Oc1ccccc1)C(=O)O. The lowest BCUT2D eigenvalue weighted by atomic mass is 9.98. The number of alkyl halides is 1. The summed E-state index contributed by atoms with van der Waals surface area (Å²) in [6.45, 7) is 2.33. The van der Waals surface area contributed by atoms with Gasteiger partial charge in [-0.1, -0.05) is 18.2 Å². The number of anilines is 1. The van der Waals surface area contributed by atoms with Crippen molar-refractivity contribution in [2.24, 2.45) is 0 Å². The number of likely N-dealkylation sites (tertiary alicyclic amines) is 1. The molecule has 1 amide bonds. The standard InChI is InChI=1S/C25H33FN5O9P/c1-15(22(34)35)29-41(37,40-16-8-5-4-6-9-16)38-14-18-20(32)25(2,26)23(39-18)31-13-11-19(28-24(31)36)27-21(33)17-10-7-12-30(17)3/h4-6,8-9,11,13,15,17-18,20,23,32H,7,10,12,14H2,1-3H3,(H,29,37)(H,34,35)(H,27,28,33,36)/t15-,17+,18-,20-,23-,25-,41?/m1/s1. The average Bonchev–Trinajstić information content (AvgIpc) is 3.44. The molecule has 0 saturated carbocycles. The highest BCUT2D eigenvalue weighted by atomic mass is 31.2. The van der Waals surface area contributed by atoms with Gasteiger partial charge in [-0.2, -0.15) is 10.1 Å². The predicted molar refractivity (Wildman–Crippen MR) is 143 cm³/mol. The molecule has 3 heterocycles. The number of carboxylic acid groups (broad SMARTS) is 1. The van der Waals surface area contributed by atoms with E-state index in [4.69, 9.17) is 13.8 Å². The van der Waals surface area contributed by atoms with Crippen molar-refractivity contribution in [2.45, 2.75) is 62.9 Å². The summed E-state index contributed by atoms with van der Waals surface area (Å²) < 4.78 is 46.4. The molecule has 0 spiro atoms. The van der Waals surface area contributed by atoms with Crippen LogP contribution >= 0.6 is 7.75 Å². The van der Waals surface area contributed by atoms with Crippen molar-refractivity contribution < 1.29 is 42.5 Å². The second-order valence-electron chi connectivity index (χ2n) is 10.1. The highest BCUT2D eigenvalue weighted by molar-refractivity contribution is 7.52. The van der Waals surface area contributed by atoms with Crippen molar-refractivity contribution in [3.63, 3.8) is 0 Å². The van der Waals surface area contributed by atoms with Gasteiger partial charge in [-0.15, -0.1) is 0 Å². The number of ether oxygens (including phenoxy) is 1. The number of aliphatic hydroxyl groups is 1. The number of hydrogen-bond donors (Lipinski definition) is 4. The molecule has 0 aliphatic carbocycles. The number of aliphatic hydroxyl groups excluding tert-OH is 1. The number of carboxylic acids is 1. The van der Waals surface area contributed by atoms with Crippen LogP contribution < -0.4 is 20.6 Å². The molecule has 2 aromatic rings. The van der Waals surface area contributed by atoms with Crippen LogP contribution in [-0.2, 0) is 23.4 Å². The van der Waals surface area contributed by atoms with Crippen molar-refractivity contribution in [3.8, 4) is 5.75 Å². The average molecular weight is 598 g/mol. The molecule has 2 aliphatic heterocycles. The highest BCUT2D eigenvalue weighted by Gasteiger charge is 2.56. The topological polar surface area (TPSA) is 182 Å². The largest absolute Gasteiger partial charge is 0.480 e. The minimum Gasteiger partial charge on any atom is -0.480 e. The van der Waals surface area contributed by atoms with E-state index in [9.17, 15) is 29.2 Å². The minimum atomic E-state index is -4.38. The summed E-state index contributed by atoms with van der Waals surface area (Å²) in [7, 11) is -2.55. The molecule has 7 atom stereocenters. The maximum Gasteiger partial charge on any atom is 0.459 e. The third-order valence-corrected chi connectivity index (χ3v) is 8.62. The van der Waals surface area contributed by atoms with E-state index in [1.54, 1.807) is 18.2 Å². The van der Waals surface area contributed by atoms with Crippen LogP contribution in [0.3, 0.4) is 0 Å². The molecule has 0 radical (unpaired) electrons. The Morgan fingerprint density at radius 2 is 2.02 bits per heavy atom. The van der Waals surface area contributed by atoms with Gasteiger partial charge < -0.3 is 24.8 Å². The number of aromatic nitrogens is 2. The predicted octanol–water partition coefficient (Wildman–Crippen LogP) is 1.53. The van der Waals surface area contributed by atoms with Gasteiger partial charge in [0.15, 0.2) is 11.9 Å². The van der Waals surface area contributed by atoms with Crippen LogP contribution in [0.5, 0.6) is 5.75 Å². The smallest absolute Gasteiger partial charge is 0.459 e. The van der Waals surface area contributed by atoms with Crippen molar-refractivity contribution >= 4 is 25.4 Å². The molecule has 14 nitrogen and oxygen atoms in total. The molecule has 16 heteroatoms. The molecular weight excluding hydrogens is 564 g/mol. The molecule has 2 aliphatic rings. The van der Waals surface area contributed by atoms with Gasteiger partial charge in [0.2, 0.25) is 5.91 Å². The normalized spacial score (nSPS) is 28.6. The molecular formula is C25H33FN5O9P. The first-order valence-electron chi connectivity index (χ1n) is 12.9. The van der Waals surface area contributed by atoms with Gasteiger partial charge in [-0.05, 0) is 58.5 Å². The van der Waals surface area contributed by atoms with Gasteiger partial charge >= 0.3 is 19.4 Å². The van der Waals surface area contributed by atoms with E-state index in [0.29, 0.717) is 6.42 Å². The second kappa shape index (κ2) is 12.3. The Balaban J connectivity index is 1.47. The first kappa shape index (κ1) is 30.8. The molecule has 1 unspecified atom stereocenters. The van der Waals surface area contributed by atoms with Crippen LogP contribution in [0.4, 0.5) is 10.2 Å². The lowest BCUT2D eigenvalue weighted by Gasteiger charge is -2.25. The van der Waals surface area contributed by atoms with Crippen molar-refractivity contribution in [2.75, 3.05) is 25.5 Å². The zero-order chi connectivity index (χ0) is 29.9. The van der Waals surface area contributed by atoms with Crippen LogP contribution in [0.2, 0.25) is 0 Å². The van der Waals surface area contributed by atoms with E-state index in [1.165, 1.54) is 31.3 Å². The molecule has 2 fully saturated rings. The van der Waals surface area contributed by atoms with E-state index in [2.05, 4.69) is 15.4 Å². The second-order valence-corrected chi connectivity index (χ2v) is 11.8. The Bertz CT molecular complexity index is 1360. The van der Waals surface area contributed by atoms with Crippen LogP contribution in [-0.4, -0.2) is 86.7 Å². The number of amides is 1. The van der Waals surface area contributed by atoms with Gasteiger partial charge in [0.05, 0.1) is 12.6 Å². The maximum absolute atomic E-state index is 15.7. The number of benzene rings is 1. The molecule has 4 rings (SSSR count). The number of halogens is 1. The summed E-state index contributed by atoms with van der Waals surface area (Å²) in [5.41, 5.74) is -3.47. The molecule has 41 heavy (non-hydrogen) atoms. The van der Waals surface area contributed by atoms with Gasteiger partial charge in [0.25, 0.3) is 0 Å². The summed E-state index contributed by atoms with van der Waals surface area (Å²) >= 11 is 0. The number of carbonyl (C=O) groups is 2. The third-order valence-electron chi connectivity index (χ3n) is 6.97. The lowest BCUT2D eigenvalue weighted by molar-refractivity contribution is -0.138. The number of hydrogen-bond acceptors (Lipinski definition) is 10. The van der Waals surface area contributed by atoms with Crippen molar-refractivity contribution in [1.29, 1.82) is 0 Å². The lowest BCUT2D eigenvalue weighted by Crippen LogP contribution is -2.43. The highest BCUT2D eigenvalue weighted by Crippen LogP contribution is 2.47. The van der Waals surface area contributed by atoms with E-state index in [1.807, 2.05) is 11.9 Å². The van der Waals surface area contributed by atoms with Gasteiger partial charge in [0.1, 0.15) is 29.8 Å². The summed E-state index contributed by atoms with van der Waals surface area (Å²) in [4.78, 5) is 42.4. The molecule has 224 valence electrons. The fourth-order valence-electron chi connectivity index (χ4n) is 4.64. The number of nitrogens with zero attached hydrogens (tertiary/aromatic N) is 3. The Kier molecular flexibility index (Phi) is 9.26. The number of likely N-dealkylation sites (N-methyl/N-ethyl adjacent to an activating group) is 1. The molecule has 0 bridgehead atoms. The third kappa shape index (κ3) is 7.00. The van der Waals surface area contributed by atoms with Gasteiger partial charge in [-0.25, -0.2) is 13.8 Å². The first-order valence-corrected chi connectivity index (χ1v) is 14.5. The Morgan fingerprint density at radius 1 is 1.32 bits per heavy atom.